The zero-order valence-electron chi connectivity index (χ0n) is 14.6. The second-order valence-electron chi connectivity index (χ2n) is 7.11. The fourth-order valence-corrected chi connectivity index (χ4v) is 3.00. The summed E-state index contributed by atoms with van der Waals surface area (Å²) >= 11 is 5.33. The van der Waals surface area contributed by atoms with Crippen LogP contribution in [0.4, 0.5) is 11.8 Å². The van der Waals surface area contributed by atoms with Gasteiger partial charge in [-0.1, -0.05) is 6.92 Å². The molecule has 128 valence electrons. The van der Waals surface area contributed by atoms with Crippen molar-refractivity contribution in [2.75, 3.05) is 30.4 Å². The first-order valence-corrected chi connectivity index (χ1v) is 8.45. The average molecular weight is 337 g/mol. The van der Waals surface area contributed by atoms with Crippen molar-refractivity contribution in [2.45, 2.75) is 46.1 Å². The van der Waals surface area contributed by atoms with Crippen LogP contribution in [-0.4, -0.2) is 40.8 Å². The number of aromatic nitrogens is 2. The van der Waals surface area contributed by atoms with Gasteiger partial charge in [-0.3, -0.25) is 0 Å². The summed E-state index contributed by atoms with van der Waals surface area (Å²) in [7, 11) is 1.61. The Morgan fingerprint density at radius 1 is 1.39 bits per heavy atom. The summed E-state index contributed by atoms with van der Waals surface area (Å²) in [5.74, 6) is 2.54. The molecule has 2 heterocycles. The number of nitrogens with zero attached hydrogens (tertiary/aromatic N) is 3. The van der Waals surface area contributed by atoms with E-state index in [0.29, 0.717) is 22.9 Å². The Hall–Kier alpha value is -1.63. The molecule has 1 aromatic heterocycles. The number of hydrogen-bond acceptors (Lipinski definition) is 5. The third kappa shape index (κ3) is 5.49. The average Bonchev–Trinajstić information content (AvgIpc) is 2.44. The maximum atomic E-state index is 5.33. The first-order chi connectivity index (χ1) is 10.8. The summed E-state index contributed by atoms with van der Waals surface area (Å²) in [6.07, 6.45) is 2.45. The number of ether oxygens (including phenoxy) is 1. The van der Waals surface area contributed by atoms with Gasteiger partial charge < -0.3 is 20.3 Å². The van der Waals surface area contributed by atoms with Gasteiger partial charge in [0.05, 0.1) is 7.11 Å². The van der Waals surface area contributed by atoms with Crippen LogP contribution in [0.1, 0.15) is 40.5 Å². The first kappa shape index (κ1) is 17.7. The normalized spacial score (nSPS) is 18.5. The Bertz CT molecular complexity index is 558. The molecule has 23 heavy (non-hydrogen) atoms. The lowest BCUT2D eigenvalue weighted by atomic mass is 10.0. The molecule has 0 aliphatic carbocycles. The molecule has 6 nitrogen and oxygen atoms in total. The summed E-state index contributed by atoms with van der Waals surface area (Å²) in [6.45, 7) is 10.4. The first-order valence-electron chi connectivity index (χ1n) is 8.04. The van der Waals surface area contributed by atoms with Crippen LogP contribution in [-0.2, 0) is 0 Å². The maximum absolute atomic E-state index is 5.33. The number of nitrogens with one attached hydrogen (secondary N) is 2. The van der Waals surface area contributed by atoms with E-state index >= 15 is 0 Å². The second-order valence-corrected chi connectivity index (χ2v) is 7.52. The van der Waals surface area contributed by atoms with Gasteiger partial charge >= 0.3 is 0 Å². The van der Waals surface area contributed by atoms with Gasteiger partial charge in [0.25, 0.3) is 0 Å². The predicted molar refractivity (Wildman–Crippen MR) is 98.3 cm³/mol. The number of rotatable bonds is 3. The Kier molecular flexibility index (Phi) is 5.62. The summed E-state index contributed by atoms with van der Waals surface area (Å²) in [5, 5.41) is 6.76. The van der Waals surface area contributed by atoms with Crippen molar-refractivity contribution in [2.24, 2.45) is 5.92 Å². The smallest absolute Gasteiger partial charge is 0.234 e. The van der Waals surface area contributed by atoms with Gasteiger partial charge in [0, 0.05) is 24.7 Å². The van der Waals surface area contributed by atoms with Crippen molar-refractivity contribution >= 4 is 29.1 Å². The van der Waals surface area contributed by atoms with E-state index in [1.54, 1.807) is 7.11 Å². The van der Waals surface area contributed by atoms with Crippen LogP contribution in [0.25, 0.3) is 0 Å². The van der Waals surface area contributed by atoms with Gasteiger partial charge in [-0.15, -0.1) is 0 Å². The number of hydrogen-bond donors (Lipinski definition) is 2. The molecule has 7 heteroatoms. The van der Waals surface area contributed by atoms with Gasteiger partial charge in [-0.2, -0.15) is 9.97 Å². The van der Waals surface area contributed by atoms with Crippen LogP contribution in [0.5, 0.6) is 5.88 Å². The van der Waals surface area contributed by atoms with Crippen LogP contribution < -0.4 is 20.3 Å². The van der Waals surface area contributed by atoms with Crippen molar-refractivity contribution in [3.63, 3.8) is 0 Å². The highest BCUT2D eigenvalue weighted by atomic mass is 32.1. The predicted octanol–water partition coefficient (Wildman–Crippen LogP) is 2.81. The molecule has 0 unspecified atom stereocenters. The third-order valence-corrected chi connectivity index (χ3v) is 3.80. The minimum atomic E-state index is -0.117. The quantitative estimate of drug-likeness (QED) is 0.822. The molecule has 0 saturated carbocycles. The molecular weight excluding hydrogens is 310 g/mol. The lowest BCUT2D eigenvalue weighted by Gasteiger charge is -2.32. The fraction of sp³-hybridized carbons (Fsp3) is 0.688. The molecule has 2 rings (SSSR count). The van der Waals surface area contributed by atoms with Crippen LogP contribution in [0, 0.1) is 5.92 Å². The molecule has 0 bridgehead atoms. The molecule has 1 saturated heterocycles. The molecule has 0 amide bonds. The molecule has 0 radical (unpaired) electrons. The van der Waals surface area contributed by atoms with Crippen LogP contribution in [0.3, 0.4) is 0 Å². The van der Waals surface area contributed by atoms with Crippen molar-refractivity contribution in [3.05, 3.63) is 6.07 Å². The van der Waals surface area contributed by atoms with E-state index < -0.39 is 0 Å². The number of thiocarbonyl (C=S) groups is 1. The highest BCUT2D eigenvalue weighted by molar-refractivity contribution is 7.80. The third-order valence-electron chi connectivity index (χ3n) is 3.59. The van der Waals surface area contributed by atoms with E-state index in [9.17, 15) is 0 Å². The van der Waals surface area contributed by atoms with Gasteiger partial charge in [0.1, 0.15) is 5.82 Å². The van der Waals surface area contributed by atoms with Crippen molar-refractivity contribution in [3.8, 4) is 5.88 Å². The summed E-state index contributed by atoms with van der Waals surface area (Å²) < 4.78 is 5.31. The van der Waals surface area contributed by atoms with E-state index in [1.165, 1.54) is 12.8 Å². The van der Waals surface area contributed by atoms with E-state index in [1.807, 2.05) is 26.8 Å². The Balaban J connectivity index is 2.16. The van der Waals surface area contributed by atoms with E-state index in [2.05, 4.69) is 32.4 Å². The molecule has 0 aromatic carbocycles. The lowest BCUT2D eigenvalue weighted by Crippen LogP contribution is -2.43. The van der Waals surface area contributed by atoms with Gasteiger partial charge in [-0.25, -0.2) is 0 Å². The molecule has 1 atom stereocenters. The highest BCUT2D eigenvalue weighted by Gasteiger charge is 2.20. The topological polar surface area (TPSA) is 62.3 Å². The second kappa shape index (κ2) is 7.29. The van der Waals surface area contributed by atoms with Crippen molar-refractivity contribution in [1.29, 1.82) is 0 Å². The van der Waals surface area contributed by atoms with Gasteiger partial charge in [0.2, 0.25) is 11.8 Å². The number of anilines is 2. The molecule has 1 fully saturated rings. The molecular formula is C16H27N5OS. The number of piperidine rings is 1. The highest BCUT2D eigenvalue weighted by Crippen LogP contribution is 2.25. The Morgan fingerprint density at radius 2 is 2.13 bits per heavy atom. The molecule has 2 N–H and O–H groups in total. The lowest BCUT2D eigenvalue weighted by molar-refractivity contribution is 0.396. The molecule has 1 aromatic rings. The van der Waals surface area contributed by atoms with Gasteiger partial charge in [-0.05, 0) is 51.7 Å². The fourth-order valence-electron chi connectivity index (χ4n) is 2.61. The molecule has 1 aliphatic heterocycles. The van der Waals surface area contributed by atoms with E-state index in [-0.39, 0.29) is 5.54 Å². The van der Waals surface area contributed by atoms with Crippen molar-refractivity contribution in [1.82, 2.24) is 15.3 Å². The Labute approximate surface area is 144 Å². The standard InChI is InChI=1S/C16H27N5OS/c1-11-7-6-8-21(10-11)12-9-13(22-5)18-14(17-12)19-15(23)20-16(2,3)4/h9,11H,6-8,10H2,1-5H3,(H2,17,18,19,20,23)/t11-/m1/s1. The van der Waals surface area contributed by atoms with Crippen LogP contribution >= 0.6 is 12.2 Å². The van der Waals surface area contributed by atoms with Gasteiger partial charge in [0.15, 0.2) is 5.11 Å². The zero-order valence-corrected chi connectivity index (χ0v) is 15.5. The largest absolute Gasteiger partial charge is 0.481 e. The SMILES string of the molecule is COc1cc(N2CCC[C@@H](C)C2)nc(NC(=S)NC(C)(C)C)n1. The minimum absolute atomic E-state index is 0.117. The Morgan fingerprint density at radius 3 is 2.74 bits per heavy atom. The summed E-state index contributed by atoms with van der Waals surface area (Å²) in [6, 6.07) is 1.88. The van der Waals surface area contributed by atoms with Crippen LogP contribution in [0.2, 0.25) is 0 Å². The monoisotopic (exact) mass is 337 g/mol. The molecule has 0 spiro atoms. The number of methoxy groups -OCH3 is 1. The summed E-state index contributed by atoms with van der Waals surface area (Å²) in [5.41, 5.74) is -0.117. The van der Waals surface area contributed by atoms with E-state index in [4.69, 9.17) is 17.0 Å². The summed E-state index contributed by atoms with van der Waals surface area (Å²) in [4.78, 5) is 11.2. The minimum Gasteiger partial charge on any atom is -0.481 e. The van der Waals surface area contributed by atoms with E-state index in [0.717, 1.165) is 18.9 Å². The van der Waals surface area contributed by atoms with Crippen molar-refractivity contribution < 1.29 is 4.74 Å². The zero-order chi connectivity index (χ0) is 17.0. The molecule has 1 aliphatic rings. The van der Waals surface area contributed by atoms with Crippen LogP contribution in [0.15, 0.2) is 6.07 Å². The maximum Gasteiger partial charge on any atom is 0.234 e.